The lowest BCUT2D eigenvalue weighted by molar-refractivity contribution is -0.118. The summed E-state index contributed by atoms with van der Waals surface area (Å²) in [6, 6.07) is 15.6. The summed E-state index contributed by atoms with van der Waals surface area (Å²) in [4.78, 5) is 26.3. The smallest absolute Gasteiger partial charge is 0.251 e. The molecule has 0 radical (unpaired) electrons. The summed E-state index contributed by atoms with van der Waals surface area (Å²) >= 11 is 5.80. The van der Waals surface area contributed by atoms with Crippen LogP contribution in [0.5, 0.6) is 0 Å². The van der Waals surface area contributed by atoms with Crippen LogP contribution in [0, 0.1) is 0 Å². The number of hydrogen-bond donors (Lipinski definition) is 1. The van der Waals surface area contributed by atoms with Gasteiger partial charge in [-0.15, -0.1) is 0 Å². The molecule has 112 valence electrons. The zero-order valence-electron chi connectivity index (χ0n) is 11.8. The lowest BCUT2D eigenvalue weighted by atomic mass is 10.2. The van der Waals surface area contributed by atoms with Gasteiger partial charge in [0.15, 0.2) is 0 Å². The van der Waals surface area contributed by atoms with Crippen LogP contribution in [0.3, 0.4) is 0 Å². The topological polar surface area (TPSA) is 49.4 Å². The molecule has 0 aliphatic carbocycles. The van der Waals surface area contributed by atoms with E-state index >= 15 is 0 Å². The Balaban J connectivity index is 1.68. The van der Waals surface area contributed by atoms with Crippen molar-refractivity contribution in [2.75, 3.05) is 11.4 Å². The zero-order valence-corrected chi connectivity index (χ0v) is 12.6. The second-order valence-corrected chi connectivity index (χ2v) is 5.58. The maximum absolute atomic E-state index is 12.4. The van der Waals surface area contributed by atoms with E-state index in [1.165, 1.54) is 0 Å². The average molecular weight is 315 g/mol. The summed E-state index contributed by atoms with van der Waals surface area (Å²) in [7, 11) is 0. The second-order valence-electron chi connectivity index (χ2n) is 5.15. The number of para-hydroxylation sites is 1. The van der Waals surface area contributed by atoms with Gasteiger partial charge in [-0.1, -0.05) is 29.8 Å². The Morgan fingerprint density at radius 1 is 1.09 bits per heavy atom. The third-order valence-electron chi connectivity index (χ3n) is 3.69. The molecule has 2 amide bonds. The molecule has 1 saturated heterocycles. The largest absolute Gasteiger partial charge is 0.340 e. The van der Waals surface area contributed by atoms with Gasteiger partial charge in [-0.2, -0.15) is 0 Å². The lowest BCUT2D eigenvalue weighted by Gasteiger charge is -2.17. The van der Waals surface area contributed by atoms with Gasteiger partial charge < -0.3 is 10.2 Å². The van der Waals surface area contributed by atoms with Crippen molar-refractivity contribution in [3.05, 3.63) is 65.2 Å². The van der Waals surface area contributed by atoms with Gasteiger partial charge in [0.25, 0.3) is 5.91 Å². The highest BCUT2D eigenvalue weighted by atomic mass is 35.5. The molecule has 2 aromatic rings. The Bertz CT molecular complexity index is 686. The Kier molecular flexibility index (Phi) is 4.11. The first-order valence-corrected chi connectivity index (χ1v) is 7.46. The van der Waals surface area contributed by atoms with Gasteiger partial charge in [-0.25, -0.2) is 0 Å². The van der Waals surface area contributed by atoms with Crippen molar-refractivity contribution in [3.8, 4) is 0 Å². The van der Waals surface area contributed by atoms with Crippen molar-refractivity contribution in [1.82, 2.24) is 5.32 Å². The number of carbonyl (C=O) groups excluding carboxylic acids is 2. The SMILES string of the molecule is O=C(N[C@@H]1CCN(c2ccccc2)C1=O)c1ccc(Cl)cc1. The van der Waals surface area contributed by atoms with Crippen LogP contribution in [0.4, 0.5) is 5.69 Å². The van der Waals surface area contributed by atoms with Crippen LogP contribution in [-0.2, 0) is 4.79 Å². The molecule has 0 unspecified atom stereocenters. The van der Waals surface area contributed by atoms with Crippen molar-refractivity contribution >= 4 is 29.1 Å². The number of carbonyl (C=O) groups is 2. The van der Waals surface area contributed by atoms with Crippen molar-refractivity contribution in [3.63, 3.8) is 0 Å². The third-order valence-corrected chi connectivity index (χ3v) is 3.94. The van der Waals surface area contributed by atoms with Gasteiger partial charge in [0.05, 0.1) is 0 Å². The molecular weight excluding hydrogens is 300 g/mol. The Morgan fingerprint density at radius 2 is 1.77 bits per heavy atom. The Morgan fingerprint density at radius 3 is 2.45 bits per heavy atom. The molecule has 1 N–H and O–H groups in total. The molecule has 1 heterocycles. The predicted molar refractivity (Wildman–Crippen MR) is 86.1 cm³/mol. The molecule has 0 aromatic heterocycles. The Hall–Kier alpha value is -2.33. The van der Waals surface area contributed by atoms with E-state index in [1.807, 2.05) is 30.3 Å². The lowest BCUT2D eigenvalue weighted by Crippen LogP contribution is -2.41. The molecular formula is C17H15ClN2O2. The fraction of sp³-hybridized carbons (Fsp3) is 0.176. The molecule has 4 nitrogen and oxygen atoms in total. The highest BCUT2D eigenvalue weighted by molar-refractivity contribution is 6.30. The highest BCUT2D eigenvalue weighted by Crippen LogP contribution is 2.21. The molecule has 0 saturated carbocycles. The number of anilines is 1. The summed E-state index contributed by atoms with van der Waals surface area (Å²) in [5.74, 6) is -0.335. The van der Waals surface area contributed by atoms with Gasteiger partial charge in [0, 0.05) is 22.8 Å². The van der Waals surface area contributed by atoms with E-state index in [1.54, 1.807) is 29.2 Å². The molecule has 22 heavy (non-hydrogen) atoms. The minimum atomic E-state index is -0.483. The quantitative estimate of drug-likeness (QED) is 0.947. The maximum atomic E-state index is 12.4. The minimum Gasteiger partial charge on any atom is -0.340 e. The van der Waals surface area contributed by atoms with Crippen molar-refractivity contribution < 1.29 is 9.59 Å². The van der Waals surface area contributed by atoms with E-state index in [4.69, 9.17) is 11.6 Å². The van der Waals surface area contributed by atoms with Crippen LogP contribution in [0.25, 0.3) is 0 Å². The van der Waals surface area contributed by atoms with Gasteiger partial charge in [-0.05, 0) is 42.8 Å². The number of amides is 2. The highest BCUT2D eigenvalue weighted by Gasteiger charge is 2.33. The molecule has 1 fully saturated rings. The standard InChI is InChI=1S/C17H15ClN2O2/c18-13-8-6-12(7-9-13)16(21)19-15-10-11-20(17(15)22)14-4-2-1-3-5-14/h1-9,15H,10-11H2,(H,19,21)/t15-/m1/s1. The van der Waals surface area contributed by atoms with E-state index < -0.39 is 6.04 Å². The number of nitrogens with one attached hydrogen (secondary N) is 1. The summed E-state index contributed by atoms with van der Waals surface area (Å²) < 4.78 is 0. The van der Waals surface area contributed by atoms with Gasteiger partial charge in [-0.3, -0.25) is 9.59 Å². The monoisotopic (exact) mass is 314 g/mol. The summed E-state index contributed by atoms with van der Waals surface area (Å²) in [5, 5.41) is 3.36. The minimum absolute atomic E-state index is 0.0755. The van der Waals surface area contributed by atoms with Gasteiger partial charge in [0.1, 0.15) is 6.04 Å². The van der Waals surface area contributed by atoms with E-state index in [-0.39, 0.29) is 11.8 Å². The number of hydrogen-bond acceptors (Lipinski definition) is 2. The van der Waals surface area contributed by atoms with Crippen LogP contribution in [0.15, 0.2) is 54.6 Å². The molecule has 0 spiro atoms. The molecule has 0 bridgehead atoms. The average Bonchev–Trinajstić information content (AvgIpc) is 2.90. The molecule has 1 aliphatic rings. The van der Waals surface area contributed by atoms with E-state index in [2.05, 4.69) is 5.32 Å². The Labute approximate surface area is 133 Å². The first kappa shape index (κ1) is 14.6. The first-order valence-electron chi connectivity index (χ1n) is 7.08. The summed E-state index contributed by atoms with van der Waals surface area (Å²) in [5.41, 5.74) is 1.35. The van der Waals surface area contributed by atoms with Gasteiger partial charge in [0.2, 0.25) is 5.91 Å². The van der Waals surface area contributed by atoms with Crippen LogP contribution in [0.2, 0.25) is 5.02 Å². The molecule has 2 aromatic carbocycles. The first-order chi connectivity index (χ1) is 10.6. The fourth-order valence-corrected chi connectivity index (χ4v) is 2.65. The van der Waals surface area contributed by atoms with E-state index in [9.17, 15) is 9.59 Å². The summed E-state index contributed by atoms with van der Waals surface area (Å²) in [6.07, 6.45) is 0.604. The van der Waals surface area contributed by atoms with Gasteiger partial charge >= 0.3 is 0 Å². The van der Waals surface area contributed by atoms with Crippen molar-refractivity contribution in [1.29, 1.82) is 0 Å². The molecule has 3 rings (SSSR count). The van der Waals surface area contributed by atoms with E-state index in [0.717, 1.165) is 5.69 Å². The number of benzene rings is 2. The molecule has 1 aliphatic heterocycles. The second kappa shape index (κ2) is 6.20. The normalized spacial score (nSPS) is 17.6. The number of rotatable bonds is 3. The van der Waals surface area contributed by atoms with E-state index in [0.29, 0.717) is 23.6 Å². The molecule has 1 atom stereocenters. The van der Waals surface area contributed by atoms with Crippen LogP contribution in [-0.4, -0.2) is 24.4 Å². The predicted octanol–water partition coefficient (Wildman–Crippen LogP) is 2.88. The number of nitrogens with zero attached hydrogens (tertiary/aromatic N) is 1. The number of halogens is 1. The third kappa shape index (κ3) is 2.97. The summed E-state index contributed by atoms with van der Waals surface area (Å²) in [6.45, 7) is 0.606. The maximum Gasteiger partial charge on any atom is 0.251 e. The fourth-order valence-electron chi connectivity index (χ4n) is 2.52. The van der Waals surface area contributed by atoms with Crippen molar-refractivity contribution in [2.45, 2.75) is 12.5 Å². The van der Waals surface area contributed by atoms with Crippen molar-refractivity contribution in [2.24, 2.45) is 0 Å². The van der Waals surface area contributed by atoms with Crippen LogP contribution < -0.4 is 10.2 Å². The zero-order chi connectivity index (χ0) is 15.5. The van der Waals surface area contributed by atoms with Crippen LogP contribution in [0.1, 0.15) is 16.8 Å². The van der Waals surface area contributed by atoms with Crippen LogP contribution >= 0.6 is 11.6 Å². The molecule has 5 heteroatoms.